The second-order valence-corrected chi connectivity index (χ2v) is 6.72. The highest BCUT2D eigenvalue weighted by atomic mass is 35.5. The maximum atomic E-state index is 14.2. The second-order valence-electron chi connectivity index (χ2n) is 6.28. The lowest BCUT2D eigenvalue weighted by molar-refractivity contribution is 0.0869. The van der Waals surface area contributed by atoms with Crippen LogP contribution in [0.4, 0.5) is 4.39 Å². The van der Waals surface area contributed by atoms with E-state index in [9.17, 15) is 4.39 Å². The number of rotatable bonds is 2. The minimum atomic E-state index is -0.460. The second kappa shape index (κ2) is 6.61. The molecular formula is C19H19ClFNO2. The molecule has 1 fully saturated rings. The number of hydrogen-bond acceptors (Lipinski definition) is 3. The van der Waals surface area contributed by atoms with Crippen LogP contribution in [-0.4, -0.2) is 19.7 Å². The van der Waals surface area contributed by atoms with Crippen LogP contribution in [0.5, 0.6) is 11.5 Å². The number of benzene rings is 2. The predicted molar refractivity (Wildman–Crippen MR) is 91.6 cm³/mol. The molecule has 0 amide bonds. The van der Waals surface area contributed by atoms with Crippen LogP contribution in [0.3, 0.4) is 0 Å². The van der Waals surface area contributed by atoms with Crippen molar-refractivity contribution in [3.05, 3.63) is 58.4 Å². The zero-order valence-corrected chi connectivity index (χ0v) is 14.0. The van der Waals surface area contributed by atoms with Gasteiger partial charge in [0.25, 0.3) is 0 Å². The Morgan fingerprint density at radius 2 is 1.92 bits per heavy atom. The van der Waals surface area contributed by atoms with E-state index in [0.29, 0.717) is 28.9 Å². The summed E-state index contributed by atoms with van der Waals surface area (Å²) >= 11 is 5.83. The molecule has 0 spiro atoms. The third-order valence-electron chi connectivity index (χ3n) is 4.75. The predicted octanol–water partition coefficient (Wildman–Crippen LogP) is 4.46. The molecule has 3 nitrogen and oxygen atoms in total. The zero-order chi connectivity index (χ0) is 16.5. The fourth-order valence-corrected chi connectivity index (χ4v) is 3.66. The quantitative estimate of drug-likeness (QED) is 0.870. The van der Waals surface area contributed by atoms with Crippen molar-refractivity contribution in [2.24, 2.45) is 0 Å². The highest BCUT2D eigenvalue weighted by Gasteiger charge is 2.29. The number of hydrogen-bond donors (Lipinski definition) is 1. The molecule has 4 rings (SSSR count). The van der Waals surface area contributed by atoms with Gasteiger partial charge in [-0.3, -0.25) is 0 Å². The van der Waals surface area contributed by atoms with E-state index in [1.807, 2.05) is 12.1 Å². The van der Waals surface area contributed by atoms with Gasteiger partial charge in [-0.15, -0.1) is 0 Å². The molecule has 1 atom stereocenters. The van der Waals surface area contributed by atoms with Crippen molar-refractivity contribution in [2.45, 2.75) is 24.9 Å². The number of nitrogens with one attached hydrogen (secondary N) is 1. The number of para-hydroxylation sites is 1. The molecule has 24 heavy (non-hydrogen) atoms. The van der Waals surface area contributed by atoms with E-state index >= 15 is 0 Å². The fourth-order valence-electron chi connectivity index (χ4n) is 3.50. The average molecular weight is 348 g/mol. The summed E-state index contributed by atoms with van der Waals surface area (Å²) in [6.07, 6.45) is 1.72. The summed E-state index contributed by atoms with van der Waals surface area (Å²) < 4.78 is 26.2. The van der Waals surface area contributed by atoms with Crippen LogP contribution in [0.2, 0.25) is 5.02 Å². The Bertz CT molecular complexity index is 746. The molecule has 0 aromatic heterocycles. The Morgan fingerprint density at radius 3 is 2.71 bits per heavy atom. The Hall–Kier alpha value is -1.78. The smallest absolute Gasteiger partial charge is 0.164 e. The molecule has 0 bridgehead atoms. The van der Waals surface area contributed by atoms with Crippen LogP contribution < -0.4 is 14.8 Å². The van der Waals surface area contributed by atoms with E-state index in [0.717, 1.165) is 31.7 Å². The van der Waals surface area contributed by atoms with Gasteiger partial charge < -0.3 is 14.8 Å². The Balaban J connectivity index is 1.61. The summed E-state index contributed by atoms with van der Waals surface area (Å²) in [6.45, 7) is 2.34. The lowest BCUT2D eigenvalue weighted by atomic mass is 9.89. The van der Waals surface area contributed by atoms with Gasteiger partial charge in [-0.05, 0) is 50.0 Å². The summed E-state index contributed by atoms with van der Waals surface area (Å²) in [7, 11) is 0. The van der Waals surface area contributed by atoms with Crippen molar-refractivity contribution in [2.75, 3.05) is 19.7 Å². The van der Waals surface area contributed by atoms with Crippen LogP contribution in [0.15, 0.2) is 36.4 Å². The molecule has 2 aromatic carbocycles. The minimum absolute atomic E-state index is 0.299. The zero-order valence-electron chi connectivity index (χ0n) is 13.2. The third-order valence-corrected chi connectivity index (χ3v) is 4.98. The molecule has 126 valence electrons. The molecule has 0 unspecified atom stereocenters. The van der Waals surface area contributed by atoms with Gasteiger partial charge in [-0.2, -0.15) is 0 Å². The monoisotopic (exact) mass is 347 g/mol. The molecule has 1 N–H and O–H groups in total. The van der Waals surface area contributed by atoms with Gasteiger partial charge in [-0.1, -0.05) is 29.8 Å². The first-order valence-electron chi connectivity index (χ1n) is 8.30. The van der Waals surface area contributed by atoms with Crippen LogP contribution >= 0.6 is 11.6 Å². The first kappa shape index (κ1) is 15.7. The average Bonchev–Trinajstić information content (AvgIpc) is 2.61. The van der Waals surface area contributed by atoms with Crippen molar-refractivity contribution in [3.8, 4) is 11.5 Å². The van der Waals surface area contributed by atoms with Gasteiger partial charge in [0.1, 0.15) is 12.4 Å². The van der Waals surface area contributed by atoms with E-state index in [1.54, 1.807) is 12.1 Å². The van der Waals surface area contributed by atoms with E-state index in [4.69, 9.17) is 21.1 Å². The summed E-state index contributed by atoms with van der Waals surface area (Å²) in [5, 5.41) is 3.76. The van der Waals surface area contributed by atoms with Crippen LogP contribution in [0.1, 0.15) is 36.0 Å². The van der Waals surface area contributed by atoms with Crippen molar-refractivity contribution in [1.82, 2.24) is 5.32 Å². The van der Waals surface area contributed by atoms with Gasteiger partial charge in [0.15, 0.2) is 17.6 Å². The number of ether oxygens (including phenoxy) is 2. The van der Waals surface area contributed by atoms with Gasteiger partial charge in [0.2, 0.25) is 0 Å². The normalized spacial score (nSPS) is 20.8. The summed E-state index contributed by atoms with van der Waals surface area (Å²) in [5.74, 6) is 1.62. The lowest BCUT2D eigenvalue weighted by Crippen LogP contribution is -2.28. The third kappa shape index (κ3) is 2.96. The van der Waals surface area contributed by atoms with E-state index in [1.165, 1.54) is 11.6 Å². The summed E-state index contributed by atoms with van der Waals surface area (Å²) in [5.41, 5.74) is 1.67. The van der Waals surface area contributed by atoms with Gasteiger partial charge in [-0.25, -0.2) is 4.39 Å². The standard InChI is InChI=1S/C19H19ClFNO2/c20-13-4-5-15(16(21)10-13)18-11-23-19-14(2-1-3-17(19)24-18)12-6-8-22-9-7-12/h1-5,10,12,18,22H,6-9,11H2/t18-/m1/s1. The fraction of sp³-hybridized carbons (Fsp3) is 0.368. The van der Waals surface area contributed by atoms with E-state index in [2.05, 4.69) is 11.4 Å². The summed E-state index contributed by atoms with van der Waals surface area (Å²) in [6, 6.07) is 10.6. The van der Waals surface area contributed by atoms with Crippen LogP contribution in [-0.2, 0) is 0 Å². The molecular weight excluding hydrogens is 329 g/mol. The van der Waals surface area contributed by atoms with Gasteiger partial charge in [0, 0.05) is 16.1 Å². The van der Waals surface area contributed by atoms with E-state index in [-0.39, 0.29) is 5.82 Å². The van der Waals surface area contributed by atoms with Crippen LogP contribution in [0.25, 0.3) is 0 Å². The molecule has 0 aliphatic carbocycles. The van der Waals surface area contributed by atoms with E-state index < -0.39 is 6.10 Å². The molecule has 2 aliphatic heterocycles. The van der Waals surface area contributed by atoms with Gasteiger partial charge in [0.05, 0.1) is 0 Å². The highest BCUT2D eigenvalue weighted by Crippen LogP contribution is 2.43. The Kier molecular flexibility index (Phi) is 4.33. The topological polar surface area (TPSA) is 30.5 Å². The first-order chi connectivity index (χ1) is 11.7. The summed E-state index contributed by atoms with van der Waals surface area (Å²) in [4.78, 5) is 0. The Labute approximate surface area is 145 Å². The Morgan fingerprint density at radius 1 is 1.08 bits per heavy atom. The molecule has 2 aromatic rings. The lowest BCUT2D eigenvalue weighted by Gasteiger charge is -2.31. The molecule has 2 aliphatic rings. The van der Waals surface area contributed by atoms with Crippen molar-refractivity contribution < 1.29 is 13.9 Å². The minimum Gasteiger partial charge on any atom is -0.485 e. The number of fused-ring (bicyclic) bond motifs is 1. The number of halogens is 2. The molecule has 5 heteroatoms. The molecule has 0 saturated carbocycles. The van der Waals surface area contributed by atoms with Crippen molar-refractivity contribution in [3.63, 3.8) is 0 Å². The maximum Gasteiger partial charge on any atom is 0.164 e. The van der Waals surface area contributed by atoms with Crippen molar-refractivity contribution >= 4 is 11.6 Å². The SMILES string of the molecule is Fc1cc(Cl)ccc1[C@H]1COc2c(cccc2C2CCNCC2)O1. The maximum absolute atomic E-state index is 14.2. The molecule has 0 radical (unpaired) electrons. The molecule has 2 heterocycles. The largest absolute Gasteiger partial charge is 0.485 e. The van der Waals surface area contributed by atoms with Crippen LogP contribution in [0, 0.1) is 5.82 Å². The number of piperidine rings is 1. The first-order valence-corrected chi connectivity index (χ1v) is 8.68. The molecule has 1 saturated heterocycles. The van der Waals surface area contributed by atoms with Gasteiger partial charge >= 0.3 is 0 Å². The van der Waals surface area contributed by atoms with Crippen molar-refractivity contribution in [1.29, 1.82) is 0 Å². The highest BCUT2D eigenvalue weighted by molar-refractivity contribution is 6.30.